The first-order chi connectivity index (χ1) is 15.2. The molecule has 4 rings (SSSR count). The van der Waals surface area contributed by atoms with Crippen molar-refractivity contribution in [3.63, 3.8) is 0 Å². The van der Waals surface area contributed by atoms with Crippen LogP contribution in [0.3, 0.4) is 0 Å². The Morgan fingerprint density at radius 1 is 1.16 bits per heavy atom. The summed E-state index contributed by atoms with van der Waals surface area (Å²) in [5.41, 5.74) is 0.363. The van der Waals surface area contributed by atoms with E-state index in [1.165, 1.54) is 6.07 Å². The minimum absolute atomic E-state index is 0.00794. The summed E-state index contributed by atoms with van der Waals surface area (Å²) in [7, 11) is 0. The number of pyridine rings is 2. The summed E-state index contributed by atoms with van der Waals surface area (Å²) in [5.74, 6) is -0.836. The molecule has 1 fully saturated rings. The van der Waals surface area contributed by atoms with Gasteiger partial charge >= 0.3 is 12.1 Å². The first-order valence-electron chi connectivity index (χ1n) is 9.94. The average Bonchev–Trinajstić information content (AvgIpc) is 3.23. The third-order valence-corrected chi connectivity index (χ3v) is 5.67. The highest BCUT2D eigenvalue weighted by Crippen LogP contribution is 2.34. The quantitative estimate of drug-likeness (QED) is 0.511. The van der Waals surface area contributed by atoms with Crippen molar-refractivity contribution in [2.24, 2.45) is 5.92 Å². The number of halogens is 4. The van der Waals surface area contributed by atoms with Crippen LogP contribution in [0.25, 0.3) is 11.3 Å². The van der Waals surface area contributed by atoms with Gasteiger partial charge in [0.2, 0.25) is 0 Å². The van der Waals surface area contributed by atoms with Gasteiger partial charge in [-0.3, -0.25) is 9.48 Å². The lowest BCUT2D eigenvalue weighted by Crippen LogP contribution is -2.23. The third kappa shape index (κ3) is 5.01. The summed E-state index contributed by atoms with van der Waals surface area (Å²) in [5, 5.41) is 16.7. The Balaban J connectivity index is 1.52. The predicted octanol–water partition coefficient (Wildman–Crippen LogP) is 5.57. The number of carbonyl (C=O) groups is 1. The molecule has 0 bridgehead atoms. The Bertz CT molecular complexity index is 1130. The van der Waals surface area contributed by atoms with Crippen LogP contribution < -0.4 is 5.32 Å². The van der Waals surface area contributed by atoms with Crippen molar-refractivity contribution in [3.05, 3.63) is 53.4 Å². The van der Waals surface area contributed by atoms with Gasteiger partial charge in [-0.2, -0.15) is 18.3 Å². The van der Waals surface area contributed by atoms with Crippen molar-refractivity contribution in [3.8, 4) is 11.3 Å². The lowest BCUT2D eigenvalue weighted by Gasteiger charge is -2.26. The number of hydrogen-bond acceptors (Lipinski definition) is 5. The molecule has 3 aromatic heterocycles. The summed E-state index contributed by atoms with van der Waals surface area (Å²) in [6.07, 6.45) is 2.67. The van der Waals surface area contributed by atoms with E-state index in [1.807, 2.05) is 6.20 Å². The lowest BCUT2D eigenvalue weighted by atomic mass is 9.86. The maximum atomic E-state index is 12.9. The van der Waals surface area contributed by atoms with Crippen LogP contribution in [0.2, 0.25) is 5.02 Å². The molecule has 0 spiro atoms. The fourth-order valence-corrected chi connectivity index (χ4v) is 3.98. The Morgan fingerprint density at radius 3 is 2.59 bits per heavy atom. The fourth-order valence-electron chi connectivity index (χ4n) is 3.77. The Morgan fingerprint density at radius 2 is 1.91 bits per heavy atom. The van der Waals surface area contributed by atoms with Crippen molar-refractivity contribution in [2.75, 3.05) is 5.32 Å². The minimum Gasteiger partial charge on any atom is -0.481 e. The number of hydrogen-bond donors (Lipinski definition) is 2. The number of carboxylic acids is 1. The van der Waals surface area contributed by atoms with Gasteiger partial charge in [-0.05, 0) is 49.9 Å². The molecule has 2 N–H and O–H groups in total. The summed E-state index contributed by atoms with van der Waals surface area (Å²) in [6, 6.07) is 5.01. The molecular formula is C21H19ClF3N5O2. The minimum atomic E-state index is -4.48. The van der Waals surface area contributed by atoms with Gasteiger partial charge in [0, 0.05) is 23.0 Å². The molecule has 1 saturated carbocycles. The van der Waals surface area contributed by atoms with E-state index >= 15 is 0 Å². The average molecular weight is 466 g/mol. The van der Waals surface area contributed by atoms with Crippen molar-refractivity contribution in [2.45, 2.75) is 37.9 Å². The van der Waals surface area contributed by atoms with E-state index in [1.54, 1.807) is 16.9 Å². The molecule has 0 atom stereocenters. The second-order valence-corrected chi connectivity index (χ2v) is 8.10. The molecule has 0 amide bonds. The number of anilines is 2. The van der Waals surface area contributed by atoms with Crippen LogP contribution in [0.15, 0.2) is 42.9 Å². The number of carboxylic acid groups (broad SMARTS) is 1. The Hall–Kier alpha value is -3.14. The zero-order chi connectivity index (χ0) is 22.9. The van der Waals surface area contributed by atoms with E-state index in [0.717, 1.165) is 31.2 Å². The molecule has 11 heteroatoms. The highest BCUT2D eigenvalue weighted by atomic mass is 35.5. The third-order valence-electron chi connectivity index (χ3n) is 5.45. The molecule has 7 nitrogen and oxygen atoms in total. The van der Waals surface area contributed by atoms with E-state index in [2.05, 4.69) is 20.4 Å². The number of rotatable bonds is 5. The van der Waals surface area contributed by atoms with Crippen LogP contribution in [-0.2, 0) is 11.0 Å². The monoisotopic (exact) mass is 465 g/mol. The Kier molecular flexibility index (Phi) is 6.05. The van der Waals surface area contributed by atoms with Gasteiger partial charge in [0.1, 0.15) is 11.6 Å². The first-order valence-corrected chi connectivity index (χ1v) is 10.3. The number of nitrogens with zero attached hydrogens (tertiary/aromatic N) is 4. The van der Waals surface area contributed by atoms with Gasteiger partial charge in [0.15, 0.2) is 0 Å². The van der Waals surface area contributed by atoms with Gasteiger partial charge < -0.3 is 10.4 Å². The number of aromatic nitrogens is 4. The Labute approximate surface area is 186 Å². The first kappa shape index (κ1) is 22.1. The van der Waals surface area contributed by atoms with E-state index in [0.29, 0.717) is 29.1 Å². The molecule has 1 aliphatic carbocycles. The van der Waals surface area contributed by atoms with Crippen molar-refractivity contribution >= 4 is 29.2 Å². The van der Waals surface area contributed by atoms with Crippen LogP contribution in [-0.4, -0.2) is 30.8 Å². The van der Waals surface area contributed by atoms with E-state index in [4.69, 9.17) is 16.7 Å². The molecule has 168 valence electrons. The van der Waals surface area contributed by atoms with Gasteiger partial charge in [0.25, 0.3) is 0 Å². The number of nitrogens with one attached hydrogen (secondary N) is 1. The molecule has 0 saturated heterocycles. The second kappa shape index (κ2) is 8.78. The second-order valence-electron chi connectivity index (χ2n) is 7.66. The molecule has 1 aliphatic rings. The summed E-state index contributed by atoms with van der Waals surface area (Å²) in [4.78, 5) is 19.5. The molecule has 3 aromatic rings. The fraction of sp³-hybridized carbons (Fsp3) is 0.333. The van der Waals surface area contributed by atoms with Gasteiger partial charge in [-0.1, -0.05) is 11.6 Å². The van der Waals surface area contributed by atoms with Crippen LogP contribution in [0.4, 0.5) is 24.8 Å². The molecule has 0 unspecified atom stereocenters. The van der Waals surface area contributed by atoms with E-state index in [-0.39, 0.29) is 23.6 Å². The van der Waals surface area contributed by atoms with Crippen LogP contribution >= 0.6 is 11.6 Å². The van der Waals surface area contributed by atoms with Crippen LogP contribution in [0, 0.1) is 5.92 Å². The molecule has 3 heterocycles. The van der Waals surface area contributed by atoms with Crippen molar-refractivity contribution in [1.82, 2.24) is 19.7 Å². The van der Waals surface area contributed by atoms with Gasteiger partial charge in [-0.25, -0.2) is 9.97 Å². The highest BCUT2D eigenvalue weighted by Gasteiger charge is 2.31. The molecular weight excluding hydrogens is 447 g/mol. The number of alkyl halides is 3. The largest absolute Gasteiger partial charge is 0.481 e. The van der Waals surface area contributed by atoms with E-state index < -0.39 is 17.7 Å². The normalized spacial score (nSPS) is 19.0. The SMILES string of the molecule is O=C(O)C1CCC(n2cc(-c3cc(Cl)cc(Nc4cc(C(F)(F)F)ccn4)n3)cn2)CC1. The summed E-state index contributed by atoms with van der Waals surface area (Å²) >= 11 is 6.21. The predicted molar refractivity (Wildman–Crippen MR) is 112 cm³/mol. The molecule has 0 radical (unpaired) electrons. The summed E-state index contributed by atoms with van der Waals surface area (Å²) < 4.78 is 40.6. The van der Waals surface area contributed by atoms with E-state index in [9.17, 15) is 18.0 Å². The maximum Gasteiger partial charge on any atom is 0.416 e. The van der Waals surface area contributed by atoms with Crippen LogP contribution in [0.1, 0.15) is 37.3 Å². The molecule has 0 aliphatic heterocycles. The zero-order valence-corrected chi connectivity index (χ0v) is 17.4. The molecule has 32 heavy (non-hydrogen) atoms. The van der Waals surface area contributed by atoms with Crippen molar-refractivity contribution < 1.29 is 23.1 Å². The number of aliphatic carboxylic acids is 1. The maximum absolute atomic E-state index is 12.9. The lowest BCUT2D eigenvalue weighted by molar-refractivity contribution is -0.143. The van der Waals surface area contributed by atoms with Crippen molar-refractivity contribution in [1.29, 1.82) is 0 Å². The smallest absolute Gasteiger partial charge is 0.416 e. The van der Waals surface area contributed by atoms with Gasteiger partial charge in [0.05, 0.1) is 29.4 Å². The molecule has 0 aromatic carbocycles. The topological polar surface area (TPSA) is 92.9 Å². The highest BCUT2D eigenvalue weighted by molar-refractivity contribution is 6.31. The standard InChI is InChI=1S/C21H19ClF3N5O2/c22-15-8-17(13-10-27-30(11-13)16-3-1-12(2-4-16)20(31)32)28-19(9-15)29-18-7-14(5-6-26-18)21(23,24)25/h5-12,16H,1-4H2,(H,31,32)(H,26,28,29). The zero-order valence-electron chi connectivity index (χ0n) is 16.7. The van der Waals surface area contributed by atoms with Crippen LogP contribution in [0.5, 0.6) is 0 Å². The van der Waals surface area contributed by atoms with Gasteiger partial charge in [-0.15, -0.1) is 0 Å². The summed E-state index contributed by atoms with van der Waals surface area (Å²) in [6.45, 7) is 0.